The maximum absolute atomic E-state index is 14.9. The molecule has 0 N–H and O–H groups in total. The lowest BCUT2D eigenvalue weighted by Crippen LogP contribution is -2.57. The second-order valence-corrected chi connectivity index (χ2v) is 8.40. The maximum atomic E-state index is 14.9. The van der Waals surface area contributed by atoms with Gasteiger partial charge in [-0.05, 0) is 30.5 Å². The fourth-order valence-electron chi connectivity index (χ4n) is 4.09. The first kappa shape index (κ1) is 21.4. The van der Waals surface area contributed by atoms with Gasteiger partial charge in [0.2, 0.25) is 5.82 Å². The number of halogens is 3. The Morgan fingerprint density at radius 3 is 2.45 bits per heavy atom. The molecule has 4 rings (SSSR count). The molecule has 0 saturated carbocycles. The molecule has 0 aliphatic carbocycles. The van der Waals surface area contributed by atoms with E-state index in [1.165, 1.54) is 11.2 Å². The number of hydrogen-bond donors (Lipinski definition) is 0. The van der Waals surface area contributed by atoms with Gasteiger partial charge in [0.15, 0.2) is 11.6 Å². The monoisotopic (exact) mass is 434 g/mol. The predicted molar refractivity (Wildman–Crippen MR) is 111 cm³/mol. The quantitative estimate of drug-likeness (QED) is 0.661. The molecule has 9 heteroatoms. The molecule has 0 radical (unpaired) electrons. The van der Waals surface area contributed by atoms with E-state index in [-0.39, 0.29) is 29.4 Å². The number of alkyl halides is 2. The fraction of sp³-hybridized carbons (Fsp3) is 0.500. The van der Waals surface area contributed by atoms with E-state index in [2.05, 4.69) is 9.97 Å². The highest BCUT2D eigenvalue weighted by atomic mass is 19.3. The van der Waals surface area contributed by atoms with Gasteiger partial charge in [-0.1, -0.05) is 19.1 Å². The summed E-state index contributed by atoms with van der Waals surface area (Å²) in [6, 6.07) is 7.66. The second-order valence-electron chi connectivity index (χ2n) is 8.40. The third-order valence-corrected chi connectivity index (χ3v) is 5.69. The van der Waals surface area contributed by atoms with Crippen molar-refractivity contribution in [1.82, 2.24) is 9.97 Å². The topological polar surface area (TPSA) is 58.6 Å². The molecule has 2 aliphatic rings. The molecule has 166 valence electrons. The molecule has 2 atom stereocenters. The summed E-state index contributed by atoms with van der Waals surface area (Å²) >= 11 is 0. The highest BCUT2D eigenvalue weighted by molar-refractivity contribution is 5.76. The van der Waals surface area contributed by atoms with E-state index in [0.29, 0.717) is 31.7 Å². The number of hydrogen-bond acceptors (Lipinski definition) is 6. The van der Waals surface area contributed by atoms with Crippen LogP contribution in [0.15, 0.2) is 30.6 Å². The zero-order chi connectivity index (χ0) is 22.2. The number of anilines is 2. The number of ether oxygens (including phenoxy) is 1. The minimum absolute atomic E-state index is 0.0874. The van der Waals surface area contributed by atoms with Crippen molar-refractivity contribution in [2.75, 3.05) is 36.0 Å². The zero-order valence-corrected chi connectivity index (χ0v) is 17.5. The van der Waals surface area contributed by atoms with Crippen LogP contribution < -0.4 is 14.5 Å². The zero-order valence-electron chi connectivity index (χ0n) is 17.5. The number of carbonyl (C=O) groups excluding carboxylic acids is 1. The number of benzene rings is 1. The van der Waals surface area contributed by atoms with Crippen molar-refractivity contribution in [1.29, 1.82) is 0 Å². The van der Waals surface area contributed by atoms with Gasteiger partial charge in [0.1, 0.15) is 24.0 Å². The van der Waals surface area contributed by atoms with Crippen molar-refractivity contribution in [3.8, 4) is 5.75 Å². The molecular weight excluding hydrogens is 409 g/mol. The van der Waals surface area contributed by atoms with E-state index < -0.39 is 24.8 Å². The molecule has 6 nitrogen and oxygen atoms in total. The third-order valence-electron chi connectivity index (χ3n) is 5.69. The standard InChI is InChI=1S/C22H25F3N4O2/c1-14(9-15(2)30)16-3-5-17(6-4-16)31-18-7-8-28(10-18)20-19(23)21(27-13-26-20)29-11-22(24,25)12-29/h3-6,13-14,18H,7-12H2,1-2H3/t14-,18-/m1/s1. The van der Waals surface area contributed by atoms with Crippen LogP contribution in [0.1, 0.15) is 38.2 Å². The minimum atomic E-state index is -2.80. The smallest absolute Gasteiger partial charge is 0.282 e. The third kappa shape index (κ3) is 4.75. The molecule has 0 spiro atoms. The number of nitrogens with zero attached hydrogens (tertiary/aromatic N) is 4. The number of ketones is 1. The van der Waals surface area contributed by atoms with Crippen molar-refractivity contribution < 1.29 is 22.7 Å². The van der Waals surface area contributed by atoms with Crippen LogP contribution in [0, 0.1) is 5.82 Å². The van der Waals surface area contributed by atoms with Crippen molar-refractivity contribution in [2.45, 2.75) is 44.6 Å². The van der Waals surface area contributed by atoms with Crippen molar-refractivity contribution in [3.63, 3.8) is 0 Å². The normalized spacial score (nSPS) is 21.0. The van der Waals surface area contributed by atoms with Crippen LogP contribution in [0.4, 0.5) is 24.8 Å². The summed E-state index contributed by atoms with van der Waals surface area (Å²) < 4.78 is 47.2. The second kappa shape index (κ2) is 8.36. The lowest BCUT2D eigenvalue weighted by Gasteiger charge is -2.39. The first-order chi connectivity index (χ1) is 14.7. The van der Waals surface area contributed by atoms with E-state index >= 15 is 0 Å². The molecule has 31 heavy (non-hydrogen) atoms. The Morgan fingerprint density at radius 1 is 1.19 bits per heavy atom. The van der Waals surface area contributed by atoms with E-state index in [1.54, 1.807) is 11.8 Å². The number of aromatic nitrogens is 2. The van der Waals surface area contributed by atoms with Crippen LogP contribution in [-0.4, -0.2) is 54.0 Å². The maximum Gasteiger partial charge on any atom is 0.282 e. The summed E-state index contributed by atoms with van der Waals surface area (Å²) in [6.07, 6.45) is 2.24. The highest BCUT2D eigenvalue weighted by Crippen LogP contribution is 2.35. The van der Waals surface area contributed by atoms with Crippen molar-refractivity contribution in [2.24, 2.45) is 0 Å². The van der Waals surface area contributed by atoms with Gasteiger partial charge in [-0.15, -0.1) is 0 Å². The van der Waals surface area contributed by atoms with Crippen LogP contribution in [0.2, 0.25) is 0 Å². The number of carbonyl (C=O) groups is 1. The summed E-state index contributed by atoms with van der Waals surface area (Å²) in [5.74, 6) is -2.45. The molecule has 0 bridgehead atoms. The fourth-order valence-corrected chi connectivity index (χ4v) is 4.09. The summed E-state index contributed by atoms with van der Waals surface area (Å²) in [6.45, 7) is 3.51. The molecule has 1 aromatic carbocycles. The molecule has 2 aromatic rings. The van der Waals surface area contributed by atoms with Crippen molar-refractivity contribution in [3.05, 3.63) is 42.0 Å². The molecule has 0 unspecified atom stereocenters. The Hall–Kier alpha value is -2.84. The van der Waals surface area contributed by atoms with Crippen LogP contribution in [0.3, 0.4) is 0 Å². The number of Topliss-reactive ketones (excluding diaryl/α,β-unsaturated/α-hetero) is 1. The van der Waals surface area contributed by atoms with E-state index in [0.717, 1.165) is 5.56 Å². The van der Waals surface area contributed by atoms with E-state index in [9.17, 15) is 18.0 Å². The molecule has 0 amide bonds. The average Bonchev–Trinajstić information content (AvgIpc) is 3.14. The summed E-state index contributed by atoms with van der Waals surface area (Å²) in [5, 5.41) is 0. The van der Waals surface area contributed by atoms with Gasteiger partial charge in [0, 0.05) is 19.4 Å². The summed E-state index contributed by atoms with van der Waals surface area (Å²) in [5.41, 5.74) is 1.07. The van der Waals surface area contributed by atoms with Gasteiger partial charge >= 0.3 is 0 Å². The molecule has 3 heterocycles. The predicted octanol–water partition coefficient (Wildman–Crippen LogP) is 3.81. The average molecular weight is 434 g/mol. The lowest BCUT2D eigenvalue weighted by atomic mass is 9.96. The molecule has 2 saturated heterocycles. The summed E-state index contributed by atoms with van der Waals surface area (Å²) in [4.78, 5) is 22.2. The molecular formula is C22H25F3N4O2. The summed E-state index contributed by atoms with van der Waals surface area (Å²) in [7, 11) is 0. The SMILES string of the molecule is CC(=O)C[C@@H](C)c1ccc(O[C@@H]2CCN(c3ncnc(N4CC(F)(F)C4)c3F)C2)cc1. The van der Waals surface area contributed by atoms with Gasteiger partial charge in [-0.2, -0.15) is 4.39 Å². The highest BCUT2D eigenvalue weighted by Gasteiger charge is 2.46. The Labute approximate surface area is 179 Å². The lowest BCUT2D eigenvalue weighted by molar-refractivity contribution is -0.117. The van der Waals surface area contributed by atoms with Crippen LogP contribution in [-0.2, 0) is 4.79 Å². The first-order valence-corrected chi connectivity index (χ1v) is 10.4. The van der Waals surface area contributed by atoms with Gasteiger partial charge in [0.05, 0.1) is 19.6 Å². The van der Waals surface area contributed by atoms with Crippen LogP contribution in [0.25, 0.3) is 0 Å². The van der Waals surface area contributed by atoms with Crippen molar-refractivity contribution >= 4 is 17.4 Å². The first-order valence-electron chi connectivity index (χ1n) is 10.4. The largest absolute Gasteiger partial charge is 0.489 e. The van der Waals surface area contributed by atoms with E-state index in [4.69, 9.17) is 4.74 Å². The van der Waals surface area contributed by atoms with E-state index in [1.807, 2.05) is 31.2 Å². The van der Waals surface area contributed by atoms with Crippen LogP contribution in [0.5, 0.6) is 5.75 Å². The number of rotatable bonds is 7. The molecule has 2 fully saturated rings. The van der Waals surface area contributed by atoms with Gasteiger partial charge < -0.3 is 19.3 Å². The Bertz CT molecular complexity index is 946. The molecule has 1 aromatic heterocycles. The molecule has 2 aliphatic heterocycles. The van der Waals surface area contributed by atoms with Gasteiger partial charge in [0.25, 0.3) is 5.92 Å². The Kier molecular flexibility index (Phi) is 5.77. The van der Waals surface area contributed by atoms with Gasteiger partial charge in [-0.3, -0.25) is 0 Å². The van der Waals surface area contributed by atoms with Crippen LogP contribution >= 0.6 is 0 Å². The Balaban J connectivity index is 1.37. The van der Waals surface area contributed by atoms with Gasteiger partial charge in [-0.25, -0.2) is 18.7 Å². The minimum Gasteiger partial charge on any atom is -0.489 e. The Morgan fingerprint density at radius 2 is 1.84 bits per heavy atom.